The molecule has 2 aromatic heterocycles. The van der Waals surface area contributed by atoms with Gasteiger partial charge < -0.3 is 18.9 Å². The van der Waals surface area contributed by atoms with Crippen molar-refractivity contribution < 1.29 is 13.7 Å². The first kappa shape index (κ1) is 20.0. The average Bonchev–Trinajstić information content (AvgIpc) is 3.31. The van der Waals surface area contributed by atoms with Crippen LogP contribution in [0.2, 0.25) is 0 Å². The molecule has 5 rings (SSSR count). The van der Waals surface area contributed by atoms with Crippen molar-refractivity contribution >= 4 is 23.0 Å². The fraction of sp³-hybridized carbons (Fsp3) is 0.417. The van der Waals surface area contributed by atoms with Gasteiger partial charge in [-0.1, -0.05) is 11.2 Å². The van der Waals surface area contributed by atoms with Crippen LogP contribution in [0.25, 0.3) is 17.0 Å². The number of halogens is 1. The molecule has 6 nitrogen and oxygen atoms in total. The minimum atomic E-state index is -0.299. The Morgan fingerprint density at radius 3 is 2.87 bits per heavy atom. The predicted octanol–water partition coefficient (Wildman–Crippen LogP) is 4.04. The van der Waals surface area contributed by atoms with E-state index in [0.717, 1.165) is 67.8 Å². The normalized spacial score (nSPS) is 18.0. The molecule has 1 fully saturated rings. The molecule has 31 heavy (non-hydrogen) atoms. The molecule has 7 heteroatoms. The Bertz CT molecular complexity index is 1120. The monoisotopic (exact) mass is 422 g/mol. The van der Waals surface area contributed by atoms with E-state index in [4.69, 9.17) is 4.52 Å². The van der Waals surface area contributed by atoms with Gasteiger partial charge in [0.2, 0.25) is 0 Å². The van der Waals surface area contributed by atoms with Crippen LogP contribution in [-0.4, -0.2) is 58.2 Å². The van der Waals surface area contributed by atoms with Crippen molar-refractivity contribution in [1.29, 1.82) is 0 Å². The fourth-order valence-electron chi connectivity index (χ4n) is 4.81. The topological polar surface area (TPSA) is 54.5 Å². The molecule has 0 aliphatic carbocycles. The second-order valence-electron chi connectivity index (χ2n) is 8.56. The average molecular weight is 423 g/mol. The first-order valence-electron chi connectivity index (χ1n) is 11.0. The highest BCUT2D eigenvalue weighted by Crippen LogP contribution is 2.32. The smallest absolute Gasteiger partial charge is 0.256 e. The Morgan fingerprint density at radius 2 is 2.03 bits per heavy atom. The Hall–Kier alpha value is -2.93. The van der Waals surface area contributed by atoms with Gasteiger partial charge in [-0.15, -0.1) is 0 Å². The number of hydrogen-bond acceptors (Lipinski definition) is 4. The number of hydrogen-bond donors (Lipinski definition) is 0. The number of piperidine rings is 1. The van der Waals surface area contributed by atoms with Crippen LogP contribution in [0.3, 0.4) is 0 Å². The second kappa shape index (κ2) is 8.30. The van der Waals surface area contributed by atoms with E-state index in [1.807, 2.05) is 34.9 Å². The summed E-state index contributed by atoms with van der Waals surface area (Å²) in [5.74, 6) is 0.164. The van der Waals surface area contributed by atoms with E-state index in [-0.39, 0.29) is 11.7 Å². The zero-order valence-electron chi connectivity index (χ0n) is 17.8. The number of aryl methyl sites for hydroxylation is 1. The number of amides is 1. The highest BCUT2D eigenvalue weighted by molar-refractivity contribution is 5.98. The lowest BCUT2D eigenvalue weighted by molar-refractivity contribution is 0.0766. The van der Waals surface area contributed by atoms with Gasteiger partial charge in [-0.05, 0) is 63.2 Å². The second-order valence-corrected chi connectivity index (χ2v) is 8.56. The highest BCUT2D eigenvalue weighted by atomic mass is 19.1. The molecule has 2 aliphatic heterocycles. The van der Waals surface area contributed by atoms with Crippen LogP contribution in [0.1, 0.15) is 46.9 Å². The Labute approximate surface area is 180 Å². The molecule has 0 saturated carbocycles. The standard InChI is InChI=1S/C24H27FN4O2/c1-27-13-9-19-21(27)4-2-11-29(24(19)30)12-3-10-28-14-7-17(8-15-28)23-20-6-5-18(25)16-22(20)31-26-23/h2,4-6,9,13,16-17H,3,7-8,10-12,14-15H2,1H3. The van der Waals surface area contributed by atoms with E-state index in [1.54, 1.807) is 6.07 Å². The van der Waals surface area contributed by atoms with Gasteiger partial charge in [-0.25, -0.2) is 4.39 Å². The number of fused-ring (bicyclic) bond motifs is 2. The van der Waals surface area contributed by atoms with Crippen molar-refractivity contribution in [2.45, 2.75) is 25.2 Å². The minimum absolute atomic E-state index is 0.119. The summed E-state index contributed by atoms with van der Waals surface area (Å²) in [7, 11) is 1.97. The SMILES string of the molecule is Cn1ccc2c1C=CCN(CCCN1CCC(c3noc4cc(F)ccc34)CC1)C2=O. The lowest BCUT2D eigenvalue weighted by Gasteiger charge is -2.31. The molecule has 0 unspecified atom stereocenters. The first-order valence-corrected chi connectivity index (χ1v) is 11.0. The zero-order valence-corrected chi connectivity index (χ0v) is 17.8. The van der Waals surface area contributed by atoms with Gasteiger partial charge in [0, 0.05) is 43.7 Å². The van der Waals surface area contributed by atoms with E-state index in [2.05, 4.69) is 16.1 Å². The fourth-order valence-corrected chi connectivity index (χ4v) is 4.81. The Kier molecular flexibility index (Phi) is 5.36. The van der Waals surface area contributed by atoms with Crippen molar-refractivity contribution in [3.05, 3.63) is 59.3 Å². The zero-order chi connectivity index (χ0) is 21.4. The molecule has 3 aromatic rings. The van der Waals surface area contributed by atoms with E-state index >= 15 is 0 Å². The summed E-state index contributed by atoms with van der Waals surface area (Å²) in [5, 5.41) is 5.16. The molecule has 0 bridgehead atoms. The van der Waals surface area contributed by atoms with Crippen molar-refractivity contribution in [3.63, 3.8) is 0 Å². The van der Waals surface area contributed by atoms with Crippen LogP contribution < -0.4 is 0 Å². The molecule has 0 radical (unpaired) electrons. The molecule has 2 aliphatic rings. The van der Waals surface area contributed by atoms with Crippen LogP contribution in [0.15, 0.2) is 41.1 Å². The maximum atomic E-state index is 13.4. The molecule has 4 heterocycles. The van der Waals surface area contributed by atoms with E-state index in [1.165, 1.54) is 12.1 Å². The third-order valence-corrected chi connectivity index (χ3v) is 6.58. The van der Waals surface area contributed by atoms with E-state index in [9.17, 15) is 9.18 Å². The van der Waals surface area contributed by atoms with Crippen LogP contribution >= 0.6 is 0 Å². The molecule has 162 valence electrons. The van der Waals surface area contributed by atoms with Crippen LogP contribution in [-0.2, 0) is 7.05 Å². The number of aromatic nitrogens is 2. The van der Waals surface area contributed by atoms with Crippen molar-refractivity contribution in [2.24, 2.45) is 7.05 Å². The van der Waals surface area contributed by atoms with Crippen molar-refractivity contribution in [3.8, 4) is 0 Å². The summed E-state index contributed by atoms with van der Waals surface area (Å²) in [4.78, 5) is 17.3. The van der Waals surface area contributed by atoms with Crippen LogP contribution in [0.4, 0.5) is 4.39 Å². The molecule has 1 aromatic carbocycles. The third kappa shape index (κ3) is 3.90. The van der Waals surface area contributed by atoms with Gasteiger partial charge >= 0.3 is 0 Å². The maximum Gasteiger partial charge on any atom is 0.256 e. The van der Waals surface area contributed by atoms with Crippen molar-refractivity contribution in [2.75, 3.05) is 32.7 Å². The Morgan fingerprint density at radius 1 is 1.19 bits per heavy atom. The highest BCUT2D eigenvalue weighted by Gasteiger charge is 2.26. The number of likely N-dealkylation sites (tertiary alicyclic amines) is 1. The molecule has 0 atom stereocenters. The number of rotatable bonds is 5. The summed E-state index contributed by atoms with van der Waals surface area (Å²) in [6.45, 7) is 4.40. The summed E-state index contributed by atoms with van der Waals surface area (Å²) in [6.07, 6.45) is 9.03. The molecule has 1 amide bonds. The van der Waals surface area contributed by atoms with Gasteiger partial charge in [0.25, 0.3) is 5.91 Å². The van der Waals surface area contributed by atoms with E-state index < -0.39 is 0 Å². The quantitative estimate of drug-likeness (QED) is 0.623. The van der Waals surface area contributed by atoms with Gasteiger partial charge in [-0.3, -0.25) is 4.79 Å². The summed E-state index contributed by atoms with van der Waals surface area (Å²) < 4.78 is 20.7. The van der Waals surface area contributed by atoms with Gasteiger partial charge in [-0.2, -0.15) is 0 Å². The first-order chi connectivity index (χ1) is 15.1. The number of benzene rings is 1. The molecule has 1 saturated heterocycles. The van der Waals surface area contributed by atoms with Gasteiger partial charge in [0.05, 0.1) is 17.0 Å². The molecular weight excluding hydrogens is 395 g/mol. The summed E-state index contributed by atoms with van der Waals surface area (Å²) in [5.41, 5.74) is 3.25. The Balaban J connectivity index is 1.13. The maximum absolute atomic E-state index is 13.4. The lowest BCUT2D eigenvalue weighted by atomic mass is 9.91. The predicted molar refractivity (Wildman–Crippen MR) is 117 cm³/mol. The van der Waals surface area contributed by atoms with Gasteiger partial charge in [0.15, 0.2) is 5.58 Å². The van der Waals surface area contributed by atoms with Gasteiger partial charge in [0.1, 0.15) is 5.82 Å². The number of carbonyl (C=O) groups excluding carboxylic acids is 1. The summed E-state index contributed by atoms with van der Waals surface area (Å²) in [6, 6.07) is 6.55. The molecule has 0 spiro atoms. The number of carbonyl (C=O) groups is 1. The van der Waals surface area contributed by atoms with Crippen LogP contribution in [0, 0.1) is 5.82 Å². The minimum Gasteiger partial charge on any atom is -0.356 e. The van der Waals surface area contributed by atoms with Crippen LogP contribution in [0.5, 0.6) is 0 Å². The third-order valence-electron chi connectivity index (χ3n) is 6.58. The molecular formula is C24H27FN4O2. The van der Waals surface area contributed by atoms with E-state index in [0.29, 0.717) is 18.0 Å². The number of nitrogens with zero attached hydrogens (tertiary/aromatic N) is 4. The largest absolute Gasteiger partial charge is 0.356 e. The lowest BCUT2D eigenvalue weighted by Crippen LogP contribution is -2.37. The summed E-state index contributed by atoms with van der Waals surface area (Å²) >= 11 is 0. The molecule has 0 N–H and O–H groups in total. The van der Waals surface area contributed by atoms with Crippen molar-refractivity contribution in [1.82, 2.24) is 19.5 Å².